The first-order chi connectivity index (χ1) is 7.51. The van der Waals surface area contributed by atoms with Gasteiger partial charge in [0.2, 0.25) is 6.29 Å². The molecule has 2 unspecified atom stereocenters. The van der Waals surface area contributed by atoms with E-state index in [1.54, 1.807) is 0 Å². The first kappa shape index (κ1) is 9.94. The van der Waals surface area contributed by atoms with Crippen LogP contribution in [0.3, 0.4) is 0 Å². The highest BCUT2D eigenvalue weighted by atomic mass is 16.7. The van der Waals surface area contributed by atoms with E-state index in [1.807, 2.05) is 0 Å². The lowest BCUT2D eigenvalue weighted by atomic mass is 9.80. The second kappa shape index (κ2) is 2.90. The number of amides is 1. The molecule has 8 heteroatoms. The summed E-state index contributed by atoms with van der Waals surface area (Å²) in [6, 6.07) is -1.37. The number of aliphatic hydroxyl groups is 1. The summed E-state index contributed by atoms with van der Waals surface area (Å²) < 4.78 is 10.5. The minimum atomic E-state index is -1.62. The minimum absolute atomic E-state index is 0.0969. The normalized spacial score (nSPS) is 49.9. The average molecular weight is 230 g/mol. The SMILES string of the molecule is O=C1NC2(O)C[C@@H](C3CO[C@H]2O3)[C@@H]1[N+](=O)[O-]. The van der Waals surface area contributed by atoms with Crippen LogP contribution >= 0.6 is 0 Å². The first-order valence-corrected chi connectivity index (χ1v) is 4.96. The largest absolute Gasteiger partial charge is 0.366 e. The molecular formula is C8H10N2O6. The number of ether oxygens (including phenoxy) is 2. The summed E-state index contributed by atoms with van der Waals surface area (Å²) in [5.41, 5.74) is -1.62. The van der Waals surface area contributed by atoms with Gasteiger partial charge in [-0.1, -0.05) is 0 Å². The molecule has 4 bridgehead atoms. The maximum Gasteiger partial charge on any atom is 0.297 e. The Morgan fingerprint density at radius 2 is 2.38 bits per heavy atom. The number of piperidine rings is 1. The third kappa shape index (κ3) is 1.11. The highest BCUT2D eigenvalue weighted by molar-refractivity contribution is 5.82. The zero-order chi connectivity index (χ0) is 11.5. The van der Waals surface area contributed by atoms with E-state index in [4.69, 9.17) is 9.47 Å². The summed E-state index contributed by atoms with van der Waals surface area (Å²) in [5.74, 6) is -1.40. The number of rotatable bonds is 1. The summed E-state index contributed by atoms with van der Waals surface area (Å²) in [5, 5.41) is 23.1. The van der Waals surface area contributed by atoms with Crippen molar-refractivity contribution in [3.63, 3.8) is 0 Å². The summed E-state index contributed by atoms with van der Waals surface area (Å²) >= 11 is 0. The van der Waals surface area contributed by atoms with E-state index in [-0.39, 0.29) is 13.0 Å². The molecule has 0 spiro atoms. The molecule has 0 aliphatic carbocycles. The van der Waals surface area contributed by atoms with Crippen LogP contribution in [0.25, 0.3) is 0 Å². The van der Waals surface area contributed by atoms with Crippen molar-refractivity contribution < 1.29 is 24.3 Å². The Kier molecular flexibility index (Phi) is 1.80. The molecule has 0 radical (unpaired) electrons. The predicted octanol–water partition coefficient (Wildman–Crippen LogP) is -1.79. The van der Waals surface area contributed by atoms with Gasteiger partial charge in [0.05, 0.1) is 18.6 Å². The zero-order valence-corrected chi connectivity index (χ0v) is 8.16. The molecule has 16 heavy (non-hydrogen) atoms. The van der Waals surface area contributed by atoms with Crippen molar-refractivity contribution in [2.75, 3.05) is 6.61 Å². The minimum Gasteiger partial charge on any atom is -0.366 e. The van der Waals surface area contributed by atoms with E-state index in [0.29, 0.717) is 0 Å². The molecule has 2 N–H and O–H groups in total. The fourth-order valence-corrected chi connectivity index (χ4v) is 2.64. The Morgan fingerprint density at radius 3 is 3.06 bits per heavy atom. The fourth-order valence-electron chi connectivity index (χ4n) is 2.64. The number of nitro groups is 1. The standard InChI is InChI=1S/C8H10N2O6/c11-6-5(10(13)14)3-1-8(12,9-6)7-15-2-4(3)16-7/h3-5,7,12H,1-2H2,(H,9,11)/t3-,4?,5-,7-,8?/m0/s1. The molecule has 1 amide bonds. The highest BCUT2D eigenvalue weighted by Crippen LogP contribution is 2.42. The van der Waals surface area contributed by atoms with Gasteiger partial charge in [0.25, 0.3) is 11.9 Å². The van der Waals surface area contributed by atoms with Crippen LogP contribution in [-0.4, -0.2) is 46.7 Å². The van der Waals surface area contributed by atoms with E-state index >= 15 is 0 Å². The van der Waals surface area contributed by atoms with E-state index in [2.05, 4.69) is 5.32 Å². The third-order valence-electron chi connectivity index (χ3n) is 3.37. The number of carbonyl (C=O) groups excluding carboxylic acids is 1. The predicted molar refractivity (Wildman–Crippen MR) is 46.6 cm³/mol. The molecule has 3 aliphatic rings. The lowest BCUT2D eigenvalue weighted by Crippen LogP contribution is -2.70. The highest BCUT2D eigenvalue weighted by Gasteiger charge is 2.63. The van der Waals surface area contributed by atoms with Gasteiger partial charge in [0.1, 0.15) is 0 Å². The van der Waals surface area contributed by atoms with Gasteiger partial charge < -0.3 is 19.9 Å². The lowest BCUT2D eigenvalue weighted by Gasteiger charge is -2.44. The second-order valence-corrected chi connectivity index (χ2v) is 4.35. The molecular weight excluding hydrogens is 220 g/mol. The Morgan fingerprint density at radius 1 is 1.62 bits per heavy atom. The van der Waals surface area contributed by atoms with Gasteiger partial charge >= 0.3 is 0 Å². The Balaban J connectivity index is 1.99. The summed E-state index contributed by atoms with van der Waals surface area (Å²) in [4.78, 5) is 21.7. The number of fused-ring (bicyclic) bond motifs is 6. The summed E-state index contributed by atoms with van der Waals surface area (Å²) in [6.07, 6.45) is -1.29. The van der Waals surface area contributed by atoms with Crippen molar-refractivity contribution in [3.05, 3.63) is 10.1 Å². The smallest absolute Gasteiger partial charge is 0.297 e. The van der Waals surface area contributed by atoms with Crippen molar-refractivity contribution >= 4 is 5.91 Å². The summed E-state index contributed by atoms with van der Waals surface area (Å²) in [7, 11) is 0. The molecule has 3 fully saturated rings. The number of nitrogens with one attached hydrogen (secondary N) is 1. The molecule has 0 aromatic heterocycles. The van der Waals surface area contributed by atoms with Gasteiger partial charge in [0.15, 0.2) is 5.72 Å². The number of carbonyl (C=O) groups is 1. The molecule has 3 rings (SSSR count). The molecule has 8 nitrogen and oxygen atoms in total. The fraction of sp³-hybridized carbons (Fsp3) is 0.875. The van der Waals surface area contributed by atoms with E-state index in [9.17, 15) is 20.0 Å². The van der Waals surface area contributed by atoms with Crippen molar-refractivity contribution in [2.24, 2.45) is 5.92 Å². The van der Waals surface area contributed by atoms with Gasteiger partial charge in [-0.05, 0) is 0 Å². The van der Waals surface area contributed by atoms with Crippen LogP contribution in [-0.2, 0) is 14.3 Å². The van der Waals surface area contributed by atoms with Crippen LogP contribution in [0.5, 0.6) is 0 Å². The molecule has 5 atom stereocenters. The quantitative estimate of drug-likeness (QED) is 0.406. The van der Waals surface area contributed by atoms with Crippen LogP contribution < -0.4 is 5.32 Å². The van der Waals surface area contributed by atoms with E-state index in [0.717, 1.165) is 0 Å². The second-order valence-electron chi connectivity index (χ2n) is 4.35. The Hall–Kier alpha value is -1.25. The molecule has 0 aromatic rings. The van der Waals surface area contributed by atoms with Crippen LogP contribution in [0.2, 0.25) is 0 Å². The topological polar surface area (TPSA) is 111 Å². The van der Waals surface area contributed by atoms with Crippen molar-refractivity contribution in [1.82, 2.24) is 5.32 Å². The molecule has 3 heterocycles. The van der Waals surface area contributed by atoms with Gasteiger partial charge in [0, 0.05) is 11.3 Å². The summed E-state index contributed by atoms with van der Waals surface area (Å²) in [6.45, 7) is 0.178. The van der Waals surface area contributed by atoms with Crippen LogP contribution in [0, 0.1) is 16.0 Å². The number of hydrogen-bond donors (Lipinski definition) is 2. The lowest BCUT2D eigenvalue weighted by molar-refractivity contribution is -0.526. The average Bonchev–Trinajstić information content (AvgIpc) is 2.60. The Labute approximate surface area is 89.7 Å². The number of nitrogens with zero attached hydrogens (tertiary/aromatic N) is 1. The molecule has 0 saturated carbocycles. The van der Waals surface area contributed by atoms with Crippen LogP contribution in [0.15, 0.2) is 0 Å². The van der Waals surface area contributed by atoms with Crippen molar-refractivity contribution in [3.8, 4) is 0 Å². The van der Waals surface area contributed by atoms with Crippen molar-refractivity contribution in [1.29, 1.82) is 0 Å². The van der Waals surface area contributed by atoms with Crippen molar-refractivity contribution in [2.45, 2.75) is 30.6 Å². The van der Waals surface area contributed by atoms with Gasteiger partial charge in [-0.15, -0.1) is 0 Å². The van der Waals surface area contributed by atoms with Gasteiger partial charge in [-0.3, -0.25) is 14.9 Å². The molecule has 3 aliphatic heterocycles. The van der Waals surface area contributed by atoms with E-state index in [1.165, 1.54) is 0 Å². The maximum absolute atomic E-state index is 11.5. The first-order valence-electron chi connectivity index (χ1n) is 4.96. The Bertz CT molecular complexity index is 374. The molecule has 3 saturated heterocycles. The van der Waals surface area contributed by atoms with Gasteiger partial charge in [-0.25, -0.2) is 0 Å². The molecule has 0 aromatic carbocycles. The van der Waals surface area contributed by atoms with Gasteiger partial charge in [-0.2, -0.15) is 0 Å². The van der Waals surface area contributed by atoms with E-state index < -0.39 is 40.9 Å². The van der Waals surface area contributed by atoms with Crippen LogP contribution in [0.1, 0.15) is 6.42 Å². The monoisotopic (exact) mass is 230 g/mol. The molecule has 88 valence electrons. The number of hydrogen-bond acceptors (Lipinski definition) is 6. The maximum atomic E-state index is 11.5. The van der Waals surface area contributed by atoms with Crippen LogP contribution in [0.4, 0.5) is 0 Å². The third-order valence-corrected chi connectivity index (χ3v) is 3.37. The zero-order valence-electron chi connectivity index (χ0n) is 8.16.